The van der Waals surface area contributed by atoms with Crippen LogP contribution in [0.2, 0.25) is 0 Å². The van der Waals surface area contributed by atoms with E-state index in [1.165, 1.54) is 11.3 Å². The number of nitrogens with zero attached hydrogens (tertiary/aromatic N) is 2. The minimum Gasteiger partial charge on any atom is -0.462 e. The van der Waals surface area contributed by atoms with E-state index in [9.17, 15) is 4.79 Å². The number of thiazole rings is 1. The van der Waals surface area contributed by atoms with Crippen molar-refractivity contribution >= 4 is 47.2 Å². The average molecular weight is 546 g/mol. The summed E-state index contributed by atoms with van der Waals surface area (Å²) in [6.07, 6.45) is 0. The first-order chi connectivity index (χ1) is 14.0. The van der Waals surface area contributed by atoms with E-state index in [2.05, 4.69) is 26.7 Å². The van der Waals surface area contributed by atoms with Gasteiger partial charge in [0.1, 0.15) is 9.88 Å². The fourth-order valence-corrected chi connectivity index (χ4v) is 3.69. The quantitative estimate of drug-likeness (QED) is 0.212. The highest BCUT2D eigenvalue weighted by Gasteiger charge is 2.20. The number of guanidine groups is 1. The Hall–Kier alpha value is -1.72. The van der Waals surface area contributed by atoms with Crippen LogP contribution < -0.4 is 10.6 Å². The van der Waals surface area contributed by atoms with E-state index in [1.807, 2.05) is 39.0 Å². The second-order valence-corrected chi connectivity index (χ2v) is 7.53. The van der Waals surface area contributed by atoms with Crippen molar-refractivity contribution in [1.82, 2.24) is 15.6 Å². The largest absolute Gasteiger partial charge is 0.462 e. The van der Waals surface area contributed by atoms with E-state index in [0.29, 0.717) is 36.3 Å². The summed E-state index contributed by atoms with van der Waals surface area (Å²) in [5.41, 5.74) is 2.92. The number of carbonyl (C=O) groups is 1. The number of halogens is 1. The third-order valence-electron chi connectivity index (χ3n) is 4.06. The van der Waals surface area contributed by atoms with Gasteiger partial charge in [0.05, 0.1) is 31.5 Å². The van der Waals surface area contributed by atoms with E-state index in [-0.39, 0.29) is 36.0 Å². The molecule has 1 aromatic carbocycles. The van der Waals surface area contributed by atoms with Gasteiger partial charge in [-0.2, -0.15) is 0 Å². The van der Waals surface area contributed by atoms with E-state index < -0.39 is 0 Å². The Balaban J connectivity index is 0.00000450. The smallest absolute Gasteiger partial charge is 0.350 e. The molecule has 9 heteroatoms. The Labute approximate surface area is 199 Å². The molecule has 0 bridgehead atoms. The lowest BCUT2D eigenvalue weighted by atomic mass is 10.1. The number of aryl methyl sites for hydroxylation is 1. The first-order valence-corrected chi connectivity index (χ1v) is 10.6. The van der Waals surface area contributed by atoms with Gasteiger partial charge in [0.15, 0.2) is 5.96 Å². The molecule has 0 saturated carbocycles. The molecule has 2 rings (SSSR count). The van der Waals surface area contributed by atoms with E-state index in [0.717, 1.165) is 22.7 Å². The molecule has 0 radical (unpaired) electrons. The van der Waals surface area contributed by atoms with Crippen LogP contribution in [-0.2, 0) is 22.6 Å². The first kappa shape index (κ1) is 26.3. The topological polar surface area (TPSA) is 84.8 Å². The van der Waals surface area contributed by atoms with Gasteiger partial charge < -0.3 is 20.1 Å². The van der Waals surface area contributed by atoms with Gasteiger partial charge in [-0.25, -0.2) is 14.8 Å². The van der Waals surface area contributed by atoms with Crippen molar-refractivity contribution in [3.8, 4) is 0 Å². The normalized spacial score (nSPS) is 12.1. The lowest BCUT2D eigenvalue weighted by Gasteiger charge is -2.16. The summed E-state index contributed by atoms with van der Waals surface area (Å²) in [6.45, 7) is 9.86. The van der Waals surface area contributed by atoms with Gasteiger partial charge in [-0.15, -0.1) is 35.3 Å². The second kappa shape index (κ2) is 13.6. The molecule has 0 spiro atoms. The molecular formula is C21H31IN4O3S. The van der Waals surface area contributed by atoms with E-state index in [1.54, 1.807) is 14.0 Å². The van der Waals surface area contributed by atoms with Crippen LogP contribution in [0.5, 0.6) is 0 Å². The van der Waals surface area contributed by atoms with Gasteiger partial charge in [-0.1, -0.05) is 24.3 Å². The Bertz CT molecular complexity index is 841. The van der Waals surface area contributed by atoms with Crippen LogP contribution in [0.25, 0.3) is 0 Å². The Morgan fingerprint density at radius 1 is 1.30 bits per heavy atom. The number of aliphatic imine (C=N–C) groups is 1. The molecule has 166 valence electrons. The van der Waals surface area contributed by atoms with E-state index in [4.69, 9.17) is 9.47 Å². The van der Waals surface area contributed by atoms with Gasteiger partial charge in [-0.05, 0) is 38.8 Å². The fourth-order valence-electron chi connectivity index (χ4n) is 2.73. The molecule has 0 amide bonds. The third-order valence-corrected chi connectivity index (χ3v) is 5.38. The molecule has 30 heavy (non-hydrogen) atoms. The molecule has 0 fully saturated rings. The monoisotopic (exact) mass is 546 g/mol. The fraction of sp³-hybridized carbons (Fsp3) is 0.476. The van der Waals surface area contributed by atoms with Gasteiger partial charge in [-0.3, -0.25) is 0 Å². The van der Waals surface area contributed by atoms with Crippen LogP contribution in [0.3, 0.4) is 0 Å². The number of esters is 1. The van der Waals surface area contributed by atoms with Crippen molar-refractivity contribution in [1.29, 1.82) is 0 Å². The number of hydrogen-bond donors (Lipinski definition) is 2. The Kier molecular flexibility index (Phi) is 11.9. The van der Waals surface area contributed by atoms with Crippen molar-refractivity contribution in [2.45, 2.75) is 46.9 Å². The Morgan fingerprint density at radius 3 is 2.70 bits per heavy atom. The van der Waals surface area contributed by atoms with Crippen LogP contribution in [0, 0.1) is 6.92 Å². The minimum atomic E-state index is -0.322. The van der Waals surface area contributed by atoms with Gasteiger partial charge in [0.25, 0.3) is 0 Å². The zero-order valence-corrected chi connectivity index (χ0v) is 21.3. The zero-order valence-electron chi connectivity index (χ0n) is 18.2. The maximum atomic E-state index is 12.0. The standard InChI is InChI=1S/C21H30N4O3S.HI/c1-6-22-21(23-12-16-9-8-10-17(11-16)13-27-5)25-15(4)19-24-14(3)18(29-19)20(26)28-7-2;/h8-11,15H,6-7,12-13H2,1-5H3,(H2,22,23,25);1H. The highest BCUT2D eigenvalue weighted by atomic mass is 127. The molecule has 7 nitrogen and oxygen atoms in total. The van der Waals surface area contributed by atoms with Crippen LogP contribution in [0.15, 0.2) is 29.3 Å². The molecule has 2 N–H and O–H groups in total. The maximum absolute atomic E-state index is 12.0. The van der Waals surface area contributed by atoms with Crippen LogP contribution >= 0.6 is 35.3 Å². The number of methoxy groups -OCH3 is 1. The van der Waals surface area contributed by atoms with Crippen molar-refractivity contribution in [3.63, 3.8) is 0 Å². The van der Waals surface area contributed by atoms with E-state index >= 15 is 0 Å². The summed E-state index contributed by atoms with van der Waals surface area (Å²) in [5, 5.41) is 7.44. The molecule has 1 aromatic heterocycles. The Morgan fingerprint density at radius 2 is 2.03 bits per heavy atom. The summed E-state index contributed by atoms with van der Waals surface area (Å²) >= 11 is 1.35. The minimum absolute atomic E-state index is 0. The predicted molar refractivity (Wildman–Crippen MR) is 132 cm³/mol. The SMILES string of the molecule is CCNC(=NCc1cccc(COC)c1)NC(C)c1nc(C)c(C(=O)OCC)s1.I. The number of nitrogens with one attached hydrogen (secondary N) is 2. The number of carbonyl (C=O) groups excluding carboxylic acids is 1. The molecule has 1 unspecified atom stereocenters. The second-order valence-electron chi connectivity index (χ2n) is 6.50. The number of rotatable bonds is 9. The van der Waals surface area contributed by atoms with Gasteiger partial charge in [0, 0.05) is 13.7 Å². The van der Waals surface area contributed by atoms with Crippen molar-refractivity contribution in [2.75, 3.05) is 20.3 Å². The summed E-state index contributed by atoms with van der Waals surface area (Å²) < 4.78 is 10.3. The number of aromatic nitrogens is 1. The average Bonchev–Trinajstić information content (AvgIpc) is 3.09. The molecule has 0 aliphatic heterocycles. The van der Waals surface area contributed by atoms with Crippen molar-refractivity contribution in [2.24, 2.45) is 4.99 Å². The maximum Gasteiger partial charge on any atom is 0.350 e. The summed E-state index contributed by atoms with van der Waals surface area (Å²) in [4.78, 5) is 21.8. The molecule has 0 aliphatic carbocycles. The molecule has 1 heterocycles. The lowest BCUT2D eigenvalue weighted by Crippen LogP contribution is -2.38. The summed E-state index contributed by atoms with van der Waals surface area (Å²) in [7, 11) is 1.69. The molecule has 0 aliphatic rings. The molecule has 0 saturated heterocycles. The number of ether oxygens (including phenoxy) is 2. The third kappa shape index (κ3) is 7.84. The first-order valence-electron chi connectivity index (χ1n) is 9.74. The van der Waals surface area contributed by atoms with Crippen LogP contribution in [0.4, 0.5) is 0 Å². The highest BCUT2D eigenvalue weighted by molar-refractivity contribution is 14.0. The molecule has 2 aromatic rings. The highest BCUT2D eigenvalue weighted by Crippen LogP contribution is 2.24. The van der Waals surface area contributed by atoms with Crippen LogP contribution in [0.1, 0.15) is 58.3 Å². The number of hydrogen-bond acceptors (Lipinski definition) is 6. The summed E-state index contributed by atoms with van der Waals surface area (Å²) in [6, 6.07) is 8.09. The molecular weight excluding hydrogens is 515 g/mol. The van der Waals surface area contributed by atoms with Gasteiger partial charge >= 0.3 is 5.97 Å². The number of benzene rings is 1. The van der Waals surface area contributed by atoms with Crippen LogP contribution in [-0.4, -0.2) is 37.2 Å². The molecule has 1 atom stereocenters. The lowest BCUT2D eigenvalue weighted by molar-refractivity contribution is 0.0531. The summed E-state index contributed by atoms with van der Waals surface area (Å²) in [5.74, 6) is 0.375. The predicted octanol–water partition coefficient (Wildman–Crippen LogP) is 4.21. The van der Waals surface area contributed by atoms with Gasteiger partial charge in [0.2, 0.25) is 0 Å². The van der Waals surface area contributed by atoms with Crippen molar-refractivity contribution in [3.05, 3.63) is 51.0 Å². The zero-order chi connectivity index (χ0) is 21.2. The van der Waals surface area contributed by atoms with Crippen molar-refractivity contribution < 1.29 is 14.3 Å².